The quantitative estimate of drug-likeness (QED) is 0.0682. The number of piperazine rings is 1. The lowest BCUT2D eigenvalue weighted by Crippen LogP contribution is -2.57. The molecule has 20 nitrogen and oxygen atoms in total. The number of nitrogens with zero attached hydrogens (tertiary/aromatic N) is 9. The maximum Gasteiger partial charge on any atom is 0.414 e. The maximum atomic E-state index is 17.8. The number of piperidine rings is 1. The number of terminal acetylenes is 1. The summed E-state index contributed by atoms with van der Waals surface area (Å²) in [5, 5.41) is 3.38. The Morgan fingerprint density at radius 1 is 0.975 bits per heavy atom. The highest BCUT2D eigenvalue weighted by Crippen LogP contribution is 2.45. The topological polar surface area (TPSA) is 205 Å². The second-order valence-corrected chi connectivity index (χ2v) is 22.1. The van der Waals surface area contributed by atoms with Gasteiger partial charge < -0.3 is 28.6 Å². The van der Waals surface area contributed by atoms with Crippen LogP contribution in [0.5, 0.6) is 11.8 Å². The normalized spacial score (nSPS) is 22.1. The molecule has 1 N–H and O–H groups in total. The number of methoxy groups -OCH3 is 1. The first-order valence-electron chi connectivity index (χ1n) is 26.8. The molecular formula is C57H62F2N10O10. The summed E-state index contributed by atoms with van der Waals surface area (Å²) in [4.78, 5) is 87.7. The van der Waals surface area contributed by atoms with Crippen LogP contribution >= 0.6 is 0 Å². The molecular weight excluding hydrogens is 1020 g/mol. The summed E-state index contributed by atoms with van der Waals surface area (Å²) in [6.07, 6.45) is 11.2. The summed E-state index contributed by atoms with van der Waals surface area (Å²) in [5.74, 6) is 0.727. The number of fused-ring (bicyclic) bond motifs is 6. The summed E-state index contributed by atoms with van der Waals surface area (Å²) >= 11 is 0. The number of hydrogen-bond donors (Lipinski definition) is 1. The summed E-state index contributed by atoms with van der Waals surface area (Å²) in [5.41, 5.74) is -0.221. The lowest BCUT2D eigenvalue weighted by Gasteiger charge is -2.42. The fraction of sp³-hybridized carbons (Fsp3) is 0.474. The lowest BCUT2D eigenvalue weighted by molar-refractivity contribution is -0.135. The zero-order chi connectivity index (χ0) is 55.7. The Kier molecular flexibility index (Phi) is 13.9. The number of pyridine rings is 1. The largest absolute Gasteiger partial charge is 0.468 e. The molecule has 5 aliphatic heterocycles. The highest BCUT2D eigenvalue weighted by molar-refractivity contribution is 6.03. The molecule has 0 saturated carbocycles. The molecule has 5 aliphatic rings. The Balaban J connectivity index is 0.871. The number of imidazole rings is 1. The number of carbonyl (C=O) groups excluding carboxylic acids is 4. The fourth-order valence-corrected chi connectivity index (χ4v) is 12.6. The van der Waals surface area contributed by atoms with Gasteiger partial charge in [-0.1, -0.05) is 12.0 Å². The van der Waals surface area contributed by atoms with E-state index in [-0.39, 0.29) is 103 Å². The van der Waals surface area contributed by atoms with Crippen LogP contribution in [-0.4, -0.2) is 140 Å². The van der Waals surface area contributed by atoms with Crippen molar-refractivity contribution in [3.8, 4) is 35.4 Å². The molecule has 5 fully saturated rings. The first-order valence-corrected chi connectivity index (χ1v) is 26.8. The third-order valence-corrected chi connectivity index (χ3v) is 16.2. The smallest absolute Gasteiger partial charge is 0.414 e. The summed E-state index contributed by atoms with van der Waals surface area (Å²) in [7, 11) is 3.07. The first-order chi connectivity index (χ1) is 37.9. The van der Waals surface area contributed by atoms with Gasteiger partial charge in [0.15, 0.2) is 12.6 Å². The van der Waals surface area contributed by atoms with E-state index in [0.29, 0.717) is 65.0 Å². The van der Waals surface area contributed by atoms with Gasteiger partial charge in [0.2, 0.25) is 11.8 Å². The number of halogens is 2. The zero-order valence-electron chi connectivity index (χ0n) is 45.0. The summed E-state index contributed by atoms with van der Waals surface area (Å²) in [6, 6.07) is 9.63. The van der Waals surface area contributed by atoms with Gasteiger partial charge in [-0.3, -0.25) is 43.7 Å². The van der Waals surface area contributed by atoms with Gasteiger partial charge in [-0.2, -0.15) is 9.97 Å². The number of amides is 4. The second-order valence-electron chi connectivity index (χ2n) is 22.1. The van der Waals surface area contributed by atoms with Crippen molar-refractivity contribution in [2.24, 2.45) is 7.05 Å². The Labute approximate surface area is 453 Å². The van der Waals surface area contributed by atoms with Crippen molar-refractivity contribution in [2.75, 3.05) is 63.1 Å². The number of nitrogens with one attached hydrogen (secondary N) is 1. The SMILES string of the molecule is C#Cc1c(F)ccc2cc(OCOC)cc(-c3ncc4c(N5CC6CCC(C5)N6C(=O)OC(C)(C)C)nc(OC[C@@]56CCCN5[C@H](COC(=O)N(CC)c5ccc7c(c5)n(C)c(=O)n7C5CCC(=O)NC5=O)CC6)nc4c3F)c12. The molecule has 2 bridgehead atoms. The Morgan fingerprint density at radius 2 is 1.76 bits per heavy atom. The molecule has 0 aliphatic carbocycles. The number of carbonyl (C=O) groups is 4. The molecule has 6 aromatic rings. The number of benzene rings is 3. The van der Waals surface area contributed by atoms with Crippen LogP contribution in [0.4, 0.5) is 29.9 Å². The number of rotatable bonds is 13. The average Bonchev–Trinajstić information content (AvgIpc) is 4.34. The molecule has 79 heavy (non-hydrogen) atoms. The highest BCUT2D eigenvalue weighted by atomic mass is 19.1. The van der Waals surface area contributed by atoms with Crippen molar-refractivity contribution in [3.63, 3.8) is 0 Å². The molecule has 0 spiro atoms. The number of hydrogen-bond acceptors (Lipinski definition) is 15. The number of aromatic nitrogens is 5. The van der Waals surface area contributed by atoms with Crippen LogP contribution in [0.3, 0.4) is 0 Å². The van der Waals surface area contributed by atoms with Crippen LogP contribution in [0, 0.1) is 24.0 Å². The molecule has 11 rings (SSSR count). The van der Waals surface area contributed by atoms with E-state index in [2.05, 4.69) is 21.1 Å². The van der Waals surface area contributed by atoms with Crippen molar-refractivity contribution in [2.45, 2.75) is 114 Å². The van der Waals surface area contributed by atoms with Gasteiger partial charge in [0, 0.05) is 69.1 Å². The molecule has 8 heterocycles. The van der Waals surface area contributed by atoms with Gasteiger partial charge in [-0.05, 0) is 121 Å². The molecule has 5 atom stereocenters. The number of aryl methyl sites for hydroxylation is 1. The van der Waals surface area contributed by atoms with Crippen LogP contribution < -0.4 is 30.3 Å². The van der Waals surface area contributed by atoms with Gasteiger partial charge >= 0.3 is 23.9 Å². The summed E-state index contributed by atoms with van der Waals surface area (Å²) in [6.45, 7) is 9.18. The molecule has 414 valence electrons. The van der Waals surface area contributed by atoms with Crippen LogP contribution in [0.15, 0.2) is 53.5 Å². The minimum absolute atomic E-state index is 0.0713. The molecule has 3 aromatic heterocycles. The molecule has 4 amide bonds. The van der Waals surface area contributed by atoms with E-state index in [4.69, 9.17) is 40.1 Å². The maximum absolute atomic E-state index is 17.8. The molecule has 0 radical (unpaired) electrons. The third-order valence-electron chi connectivity index (χ3n) is 16.2. The standard InChI is InChI=1S/C57H62F2N10O10/c1-8-38-41(58)15-11-32-23-37(78-31-75-7)25-39(46(32)38)48-47(59)49-40(26-60-48)50(65-27-34-12-13-35(28-65)68(34)55(74)79-56(3,4)5)63-52(62-49)77-30-57-20-10-22-67(57)36(19-21-57)29-76-54(73)66(9-2)33-14-16-42-44(24-33)64(6)53(72)69(42)43-17-18-45(70)61-51(43)71/h1,11,14-16,23-26,34-36,43H,9-10,12-13,17-22,27-31H2,2-7H3,(H,61,70,71)/t34?,35?,36-,43?,57-/m0/s1. The minimum atomic E-state index is -0.848. The van der Waals surface area contributed by atoms with Crippen molar-refractivity contribution >= 4 is 68.2 Å². The van der Waals surface area contributed by atoms with Crippen LogP contribution in [0.1, 0.15) is 90.7 Å². The van der Waals surface area contributed by atoms with E-state index in [1.807, 2.05) is 37.5 Å². The van der Waals surface area contributed by atoms with Gasteiger partial charge in [0.1, 0.15) is 53.5 Å². The molecule has 22 heteroatoms. The Morgan fingerprint density at radius 3 is 2.48 bits per heavy atom. The van der Waals surface area contributed by atoms with Gasteiger partial charge in [-0.25, -0.2) is 23.2 Å². The van der Waals surface area contributed by atoms with E-state index in [9.17, 15) is 24.0 Å². The van der Waals surface area contributed by atoms with Crippen LogP contribution in [0.25, 0.3) is 44.0 Å². The van der Waals surface area contributed by atoms with Crippen LogP contribution in [-0.2, 0) is 30.8 Å². The lowest BCUT2D eigenvalue weighted by atomic mass is 9.95. The van der Waals surface area contributed by atoms with E-state index < -0.39 is 46.5 Å². The fourth-order valence-electron chi connectivity index (χ4n) is 12.6. The number of ether oxygens (including phenoxy) is 5. The predicted octanol–water partition coefficient (Wildman–Crippen LogP) is 7.35. The number of imide groups is 1. The van der Waals surface area contributed by atoms with Gasteiger partial charge in [0.25, 0.3) is 0 Å². The summed E-state index contributed by atoms with van der Waals surface area (Å²) < 4.78 is 65.5. The van der Waals surface area contributed by atoms with Crippen molar-refractivity contribution in [3.05, 3.63) is 76.3 Å². The van der Waals surface area contributed by atoms with Crippen molar-refractivity contribution < 1.29 is 51.6 Å². The Bertz CT molecular complexity index is 3560. The minimum Gasteiger partial charge on any atom is -0.468 e. The predicted molar refractivity (Wildman–Crippen MR) is 288 cm³/mol. The Hall–Kier alpha value is -7.90. The van der Waals surface area contributed by atoms with Gasteiger partial charge in [-0.15, -0.1) is 6.42 Å². The number of anilines is 2. The molecule has 3 aromatic carbocycles. The molecule has 5 saturated heterocycles. The van der Waals surface area contributed by atoms with Gasteiger partial charge in [0.05, 0.1) is 39.6 Å². The third kappa shape index (κ3) is 9.59. The van der Waals surface area contributed by atoms with E-state index in [0.717, 1.165) is 32.2 Å². The monoisotopic (exact) mass is 1080 g/mol. The highest BCUT2D eigenvalue weighted by Gasteiger charge is 2.51. The zero-order valence-corrected chi connectivity index (χ0v) is 45.0. The second kappa shape index (κ2) is 20.7. The van der Waals surface area contributed by atoms with E-state index in [1.54, 1.807) is 37.4 Å². The molecule has 3 unspecified atom stereocenters. The first kappa shape index (κ1) is 53.1. The van der Waals surface area contributed by atoms with Crippen LogP contribution in [0.2, 0.25) is 0 Å². The van der Waals surface area contributed by atoms with E-state index in [1.165, 1.54) is 39.5 Å². The van der Waals surface area contributed by atoms with Crippen molar-refractivity contribution in [1.29, 1.82) is 0 Å². The van der Waals surface area contributed by atoms with Crippen molar-refractivity contribution in [1.82, 2.24) is 39.2 Å². The van der Waals surface area contributed by atoms with E-state index >= 15 is 8.78 Å². The average molecular weight is 1090 g/mol.